The topological polar surface area (TPSA) is 45.8 Å². The second kappa shape index (κ2) is 3.73. The monoisotopic (exact) mass is 180 g/mol. The molecule has 0 spiro atoms. The first-order valence-corrected chi connectivity index (χ1v) is 4.62. The normalized spacial score (nSPS) is 11.2. The molecule has 1 N–H and O–H groups in total. The van der Waals surface area contributed by atoms with Gasteiger partial charge in [0.2, 0.25) is 0 Å². The van der Waals surface area contributed by atoms with E-state index >= 15 is 0 Å². The molecule has 1 aromatic rings. The molecule has 3 heteroatoms. The minimum atomic E-state index is -0.0700. The lowest BCUT2D eigenvalue weighted by Crippen LogP contribution is -2.17. The highest BCUT2D eigenvalue weighted by Gasteiger charge is 2.08. The first kappa shape index (κ1) is 9.96. The van der Waals surface area contributed by atoms with Gasteiger partial charge in [-0.15, -0.1) is 0 Å². The number of H-pyrrole nitrogens is 1. The first-order valence-electron chi connectivity index (χ1n) is 4.62. The zero-order valence-electron chi connectivity index (χ0n) is 8.59. The van der Waals surface area contributed by atoms with E-state index in [9.17, 15) is 4.79 Å². The van der Waals surface area contributed by atoms with Crippen molar-refractivity contribution in [2.45, 2.75) is 39.5 Å². The Hall–Kier alpha value is -1.12. The molecule has 1 aromatic heterocycles. The summed E-state index contributed by atoms with van der Waals surface area (Å²) in [5, 5.41) is 6.51. The zero-order chi connectivity index (χ0) is 10.0. The maximum absolute atomic E-state index is 11.3. The van der Waals surface area contributed by atoms with Crippen LogP contribution in [0.25, 0.3) is 0 Å². The van der Waals surface area contributed by atoms with Crippen LogP contribution in [0.5, 0.6) is 0 Å². The molecule has 72 valence electrons. The molecular weight excluding hydrogens is 164 g/mol. The van der Waals surface area contributed by atoms with Gasteiger partial charge in [-0.25, -0.2) is 5.10 Å². The third kappa shape index (κ3) is 2.17. The third-order valence-corrected chi connectivity index (χ3v) is 2.07. The molecule has 0 fully saturated rings. The van der Waals surface area contributed by atoms with E-state index in [1.165, 1.54) is 0 Å². The molecule has 0 aliphatic carbocycles. The van der Waals surface area contributed by atoms with E-state index in [2.05, 4.69) is 24.0 Å². The molecule has 0 aliphatic heterocycles. The molecule has 0 saturated carbocycles. The van der Waals surface area contributed by atoms with Crippen LogP contribution in [0.2, 0.25) is 0 Å². The first-order chi connectivity index (χ1) is 6.02. The van der Waals surface area contributed by atoms with Crippen molar-refractivity contribution in [3.05, 3.63) is 27.7 Å². The van der Waals surface area contributed by atoms with Gasteiger partial charge in [0.1, 0.15) is 0 Å². The van der Waals surface area contributed by atoms with Crippen molar-refractivity contribution < 1.29 is 0 Å². The summed E-state index contributed by atoms with van der Waals surface area (Å²) in [6.45, 7) is 8.14. The van der Waals surface area contributed by atoms with Crippen molar-refractivity contribution in [3.63, 3.8) is 0 Å². The average molecular weight is 180 g/mol. The van der Waals surface area contributed by atoms with Crippen LogP contribution in [-0.4, -0.2) is 10.2 Å². The van der Waals surface area contributed by atoms with E-state index in [0.29, 0.717) is 5.92 Å². The van der Waals surface area contributed by atoms with Crippen LogP contribution >= 0.6 is 0 Å². The Bertz CT molecular complexity index is 339. The van der Waals surface area contributed by atoms with Crippen molar-refractivity contribution in [2.75, 3.05) is 0 Å². The molecule has 0 bridgehead atoms. The molecule has 0 aromatic carbocycles. The fourth-order valence-electron chi connectivity index (χ4n) is 1.16. The van der Waals surface area contributed by atoms with Crippen LogP contribution in [0.4, 0.5) is 0 Å². The fraction of sp³-hybridized carbons (Fsp3) is 0.600. The van der Waals surface area contributed by atoms with Crippen molar-refractivity contribution >= 4 is 0 Å². The minimum absolute atomic E-state index is 0.0700. The minimum Gasteiger partial charge on any atom is -0.268 e. The molecule has 0 saturated heterocycles. The van der Waals surface area contributed by atoms with E-state index in [1.54, 1.807) is 0 Å². The number of hydrogen-bond donors (Lipinski definition) is 1. The predicted molar refractivity (Wildman–Crippen MR) is 53.0 cm³/mol. The summed E-state index contributed by atoms with van der Waals surface area (Å²) in [6, 6.07) is 1.90. The summed E-state index contributed by atoms with van der Waals surface area (Å²) >= 11 is 0. The fourth-order valence-corrected chi connectivity index (χ4v) is 1.16. The molecule has 13 heavy (non-hydrogen) atoms. The Morgan fingerprint density at radius 3 is 2.31 bits per heavy atom. The summed E-state index contributed by atoms with van der Waals surface area (Å²) in [5.41, 5.74) is 1.70. The van der Waals surface area contributed by atoms with Crippen molar-refractivity contribution in [3.8, 4) is 0 Å². The van der Waals surface area contributed by atoms with E-state index in [4.69, 9.17) is 0 Å². The standard InChI is InChI=1S/C10H16N2O/c1-6(2)8-5-9(7(3)4)11-12-10(8)13/h5-7H,1-4H3,(H,12,13). The summed E-state index contributed by atoms with van der Waals surface area (Å²) in [5.74, 6) is 0.610. The molecule has 1 rings (SSSR count). The lowest BCUT2D eigenvalue weighted by atomic mass is 10.0. The van der Waals surface area contributed by atoms with Crippen LogP contribution in [0, 0.1) is 0 Å². The SMILES string of the molecule is CC(C)c1cc(C(C)C)c(=O)[nH]n1. The van der Waals surface area contributed by atoms with E-state index in [-0.39, 0.29) is 11.5 Å². The molecule has 0 aliphatic rings. The largest absolute Gasteiger partial charge is 0.268 e. The second-order valence-corrected chi connectivity index (χ2v) is 3.89. The Kier molecular flexibility index (Phi) is 2.86. The smallest absolute Gasteiger partial charge is 0.267 e. The summed E-state index contributed by atoms with van der Waals surface area (Å²) < 4.78 is 0. The highest BCUT2D eigenvalue weighted by atomic mass is 16.1. The van der Waals surface area contributed by atoms with Crippen LogP contribution < -0.4 is 5.56 Å². The van der Waals surface area contributed by atoms with Gasteiger partial charge in [-0.2, -0.15) is 5.10 Å². The molecular formula is C10H16N2O. The molecule has 0 unspecified atom stereocenters. The summed E-state index contributed by atoms with van der Waals surface area (Å²) in [7, 11) is 0. The average Bonchev–Trinajstić information content (AvgIpc) is 2.04. The Morgan fingerprint density at radius 1 is 1.23 bits per heavy atom. The summed E-state index contributed by atoms with van der Waals surface area (Å²) in [4.78, 5) is 11.3. The van der Waals surface area contributed by atoms with Crippen molar-refractivity contribution in [1.29, 1.82) is 0 Å². The molecule has 0 amide bonds. The van der Waals surface area contributed by atoms with Gasteiger partial charge < -0.3 is 0 Å². The van der Waals surface area contributed by atoms with Crippen molar-refractivity contribution in [2.24, 2.45) is 0 Å². The number of aromatic nitrogens is 2. The van der Waals surface area contributed by atoms with Crippen LogP contribution in [0.1, 0.15) is 50.8 Å². The number of rotatable bonds is 2. The van der Waals surface area contributed by atoms with Gasteiger partial charge in [-0.05, 0) is 17.9 Å². The Labute approximate surface area is 78.2 Å². The van der Waals surface area contributed by atoms with Crippen LogP contribution in [0.15, 0.2) is 10.9 Å². The molecule has 0 atom stereocenters. The van der Waals surface area contributed by atoms with E-state index < -0.39 is 0 Å². The van der Waals surface area contributed by atoms with Gasteiger partial charge in [0.15, 0.2) is 0 Å². The number of aromatic amines is 1. The van der Waals surface area contributed by atoms with Gasteiger partial charge in [-0.1, -0.05) is 27.7 Å². The summed E-state index contributed by atoms with van der Waals surface area (Å²) in [6.07, 6.45) is 0. The molecule has 1 heterocycles. The van der Waals surface area contributed by atoms with Gasteiger partial charge in [0.25, 0.3) is 5.56 Å². The lowest BCUT2D eigenvalue weighted by molar-refractivity contribution is 0.745. The highest BCUT2D eigenvalue weighted by molar-refractivity contribution is 5.18. The predicted octanol–water partition coefficient (Wildman–Crippen LogP) is 2.02. The molecule has 3 nitrogen and oxygen atoms in total. The van der Waals surface area contributed by atoms with Gasteiger partial charge in [0.05, 0.1) is 5.69 Å². The zero-order valence-corrected chi connectivity index (χ0v) is 8.59. The second-order valence-electron chi connectivity index (χ2n) is 3.89. The number of nitrogens with zero attached hydrogens (tertiary/aromatic N) is 1. The Morgan fingerprint density at radius 2 is 1.85 bits per heavy atom. The van der Waals surface area contributed by atoms with Gasteiger partial charge >= 0.3 is 0 Å². The number of nitrogens with one attached hydrogen (secondary N) is 1. The lowest BCUT2D eigenvalue weighted by Gasteiger charge is -2.07. The quantitative estimate of drug-likeness (QED) is 0.756. The Balaban J connectivity index is 3.19. The maximum atomic E-state index is 11.3. The third-order valence-electron chi connectivity index (χ3n) is 2.07. The number of hydrogen-bond acceptors (Lipinski definition) is 2. The van der Waals surface area contributed by atoms with Crippen LogP contribution in [-0.2, 0) is 0 Å². The van der Waals surface area contributed by atoms with Gasteiger partial charge in [-0.3, -0.25) is 4.79 Å². The van der Waals surface area contributed by atoms with Crippen LogP contribution in [0.3, 0.4) is 0 Å². The molecule has 0 radical (unpaired) electrons. The van der Waals surface area contributed by atoms with Crippen molar-refractivity contribution in [1.82, 2.24) is 10.2 Å². The highest BCUT2D eigenvalue weighted by Crippen LogP contribution is 2.14. The van der Waals surface area contributed by atoms with Gasteiger partial charge in [0, 0.05) is 5.56 Å². The van der Waals surface area contributed by atoms with E-state index in [1.807, 2.05) is 19.9 Å². The maximum Gasteiger partial charge on any atom is 0.267 e. The van der Waals surface area contributed by atoms with E-state index in [0.717, 1.165) is 11.3 Å².